The number of hydrogen-bond acceptors (Lipinski definition) is 5. The Hall–Kier alpha value is -1.54. The van der Waals surface area contributed by atoms with Crippen molar-refractivity contribution in [1.29, 1.82) is 0 Å². The van der Waals surface area contributed by atoms with Crippen molar-refractivity contribution in [3.05, 3.63) is 51.3 Å². The SMILES string of the molecule is Clc1cc2ncc(I)cc2c(OC2CCC(c3cnccn3)CC2)n1. The van der Waals surface area contributed by atoms with E-state index in [1.165, 1.54) is 0 Å². The Morgan fingerprint density at radius 3 is 2.64 bits per heavy atom. The van der Waals surface area contributed by atoms with E-state index in [1.807, 2.05) is 18.5 Å². The predicted molar refractivity (Wildman–Crippen MR) is 105 cm³/mol. The van der Waals surface area contributed by atoms with Gasteiger partial charge in [0.25, 0.3) is 0 Å². The smallest absolute Gasteiger partial charge is 0.224 e. The van der Waals surface area contributed by atoms with Gasteiger partial charge in [0.15, 0.2) is 0 Å². The molecule has 0 unspecified atom stereocenters. The van der Waals surface area contributed by atoms with Crippen LogP contribution in [0.25, 0.3) is 10.9 Å². The molecule has 1 aliphatic carbocycles. The molecule has 25 heavy (non-hydrogen) atoms. The Kier molecular flexibility index (Phi) is 4.98. The van der Waals surface area contributed by atoms with Crippen LogP contribution in [0.2, 0.25) is 5.15 Å². The van der Waals surface area contributed by atoms with Crippen LogP contribution in [0, 0.1) is 3.57 Å². The summed E-state index contributed by atoms with van der Waals surface area (Å²) in [6.07, 6.45) is 11.3. The fourth-order valence-corrected chi connectivity index (χ4v) is 3.91. The van der Waals surface area contributed by atoms with Crippen molar-refractivity contribution in [2.24, 2.45) is 0 Å². The lowest BCUT2D eigenvalue weighted by Gasteiger charge is -2.28. The summed E-state index contributed by atoms with van der Waals surface area (Å²) in [6, 6.07) is 3.80. The highest BCUT2D eigenvalue weighted by atomic mass is 127. The van der Waals surface area contributed by atoms with Gasteiger partial charge in [0.2, 0.25) is 5.88 Å². The number of ether oxygens (including phenoxy) is 1. The molecule has 4 rings (SSSR count). The van der Waals surface area contributed by atoms with Crippen molar-refractivity contribution in [1.82, 2.24) is 19.9 Å². The molecule has 0 N–H and O–H groups in total. The number of rotatable bonds is 3. The van der Waals surface area contributed by atoms with Gasteiger partial charge in [-0.25, -0.2) is 4.98 Å². The third-order valence-electron chi connectivity index (χ3n) is 4.53. The second kappa shape index (κ2) is 7.37. The van der Waals surface area contributed by atoms with Gasteiger partial charge in [-0.2, -0.15) is 0 Å². The molecule has 3 heterocycles. The van der Waals surface area contributed by atoms with Crippen molar-refractivity contribution in [3.8, 4) is 5.88 Å². The monoisotopic (exact) mass is 466 g/mol. The molecule has 0 atom stereocenters. The molecule has 128 valence electrons. The molecule has 0 aliphatic heterocycles. The van der Waals surface area contributed by atoms with Gasteiger partial charge in [-0.15, -0.1) is 0 Å². The van der Waals surface area contributed by atoms with Crippen LogP contribution in [-0.2, 0) is 0 Å². The molecule has 5 nitrogen and oxygen atoms in total. The summed E-state index contributed by atoms with van der Waals surface area (Å²) >= 11 is 8.38. The molecule has 3 aromatic rings. The topological polar surface area (TPSA) is 60.8 Å². The Balaban J connectivity index is 1.50. The first-order chi connectivity index (χ1) is 12.2. The van der Waals surface area contributed by atoms with Gasteiger partial charge in [-0.05, 0) is 54.3 Å². The van der Waals surface area contributed by atoms with Crippen LogP contribution in [0.1, 0.15) is 37.3 Å². The normalized spacial score (nSPS) is 20.6. The maximum atomic E-state index is 6.21. The van der Waals surface area contributed by atoms with Crippen LogP contribution in [0.4, 0.5) is 0 Å². The van der Waals surface area contributed by atoms with Gasteiger partial charge < -0.3 is 4.74 Å². The first-order valence-corrected chi connectivity index (χ1v) is 9.69. The summed E-state index contributed by atoms with van der Waals surface area (Å²) in [6.45, 7) is 0. The number of fused-ring (bicyclic) bond motifs is 1. The van der Waals surface area contributed by atoms with E-state index in [0.717, 1.165) is 45.9 Å². The van der Waals surface area contributed by atoms with Gasteiger partial charge in [0.1, 0.15) is 11.3 Å². The van der Waals surface area contributed by atoms with E-state index < -0.39 is 0 Å². The molecule has 0 spiro atoms. The molecule has 0 radical (unpaired) electrons. The molecule has 0 aromatic carbocycles. The summed E-state index contributed by atoms with van der Waals surface area (Å²) < 4.78 is 7.26. The Morgan fingerprint density at radius 1 is 1.04 bits per heavy atom. The Bertz CT molecular complexity index is 885. The molecular formula is C18H16ClIN4O. The van der Waals surface area contributed by atoms with Gasteiger partial charge >= 0.3 is 0 Å². The highest BCUT2D eigenvalue weighted by molar-refractivity contribution is 14.1. The summed E-state index contributed by atoms with van der Waals surface area (Å²) in [5.74, 6) is 1.04. The summed E-state index contributed by atoms with van der Waals surface area (Å²) in [5, 5.41) is 1.32. The van der Waals surface area contributed by atoms with Gasteiger partial charge in [0.05, 0.1) is 16.6 Å². The van der Waals surface area contributed by atoms with Crippen molar-refractivity contribution in [2.75, 3.05) is 0 Å². The van der Waals surface area contributed by atoms with E-state index in [1.54, 1.807) is 18.5 Å². The second-order valence-electron chi connectivity index (χ2n) is 6.19. The fraction of sp³-hybridized carbons (Fsp3) is 0.333. The van der Waals surface area contributed by atoms with Crippen molar-refractivity contribution in [3.63, 3.8) is 0 Å². The van der Waals surface area contributed by atoms with Crippen LogP contribution in [0.3, 0.4) is 0 Å². The van der Waals surface area contributed by atoms with Crippen molar-refractivity contribution >= 4 is 45.1 Å². The van der Waals surface area contributed by atoms with E-state index in [2.05, 4.69) is 42.5 Å². The molecule has 1 fully saturated rings. The zero-order valence-corrected chi connectivity index (χ0v) is 16.3. The predicted octanol–water partition coefficient (Wildman–Crippen LogP) is 4.78. The van der Waals surface area contributed by atoms with Gasteiger partial charge in [-0.3, -0.25) is 15.0 Å². The molecule has 0 amide bonds. The van der Waals surface area contributed by atoms with Gasteiger partial charge in [-0.1, -0.05) is 11.6 Å². The van der Waals surface area contributed by atoms with Crippen LogP contribution in [0.15, 0.2) is 36.9 Å². The van der Waals surface area contributed by atoms with Crippen LogP contribution >= 0.6 is 34.2 Å². The largest absolute Gasteiger partial charge is 0.474 e. The van der Waals surface area contributed by atoms with E-state index in [-0.39, 0.29) is 6.10 Å². The van der Waals surface area contributed by atoms with Crippen molar-refractivity contribution < 1.29 is 4.74 Å². The van der Waals surface area contributed by atoms with Crippen LogP contribution in [0.5, 0.6) is 5.88 Å². The third-order valence-corrected chi connectivity index (χ3v) is 5.32. The summed E-state index contributed by atoms with van der Waals surface area (Å²) in [4.78, 5) is 17.4. The molecular weight excluding hydrogens is 451 g/mol. The Labute approximate surface area is 164 Å². The zero-order chi connectivity index (χ0) is 17.2. The number of hydrogen-bond donors (Lipinski definition) is 0. The molecule has 3 aromatic heterocycles. The quantitative estimate of drug-likeness (QED) is 0.410. The van der Waals surface area contributed by atoms with Crippen LogP contribution < -0.4 is 4.74 Å². The maximum absolute atomic E-state index is 6.21. The minimum Gasteiger partial charge on any atom is -0.474 e. The summed E-state index contributed by atoms with van der Waals surface area (Å²) in [5.41, 5.74) is 1.88. The minimum atomic E-state index is 0.139. The first kappa shape index (κ1) is 16.9. The third kappa shape index (κ3) is 3.84. The molecule has 0 saturated heterocycles. The molecule has 1 saturated carbocycles. The van der Waals surface area contributed by atoms with E-state index in [4.69, 9.17) is 16.3 Å². The fourth-order valence-electron chi connectivity index (χ4n) is 3.28. The minimum absolute atomic E-state index is 0.139. The lowest BCUT2D eigenvalue weighted by molar-refractivity contribution is 0.142. The number of pyridine rings is 2. The lowest BCUT2D eigenvalue weighted by Crippen LogP contribution is -2.24. The second-order valence-corrected chi connectivity index (χ2v) is 7.82. The zero-order valence-electron chi connectivity index (χ0n) is 13.4. The van der Waals surface area contributed by atoms with Crippen LogP contribution in [-0.4, -0.2) is 26.0 Å². The van der Waals surface area contributed by atoms with Gasteiger partial charge in [0, 0.05) is 40.3 Å². The first-order valence-electron chi connectivity index (χ1n) is 8.23. The summed E-state index contributed by atoms with van der Waals surface area (Å²) in [7, 11) is 0. The highest BCUT2D eigenvalue weighted by Crippen LogP contribution is 2.35. The number of aromatic nitrogens is 4. The molecule has 0 bridgehead atoms. The van der Waals surface area contributed by atoms with E-state index >= 15 is 0 Å². The van der Waals surface area contributed by atoms with E-state index in [9.17, 15) is 0 Å². The number of halogens is 2. The average Bonchev–Trinajstić information content (AvgIpc) is 2.64. The molecule has 7 heteroatoms. The Morgan fingerprint density at radius 2 is 1.88 bits per heavy atom. The standard InChI is InChI=1S/C18H16ClIN4O/c19-17-8-15-14(7-12(20)9-23-15)18(24-17)25-13-3-1-11(2-4-13)16-10-21-5-6-22-16/h5-11,13H,1-4H2. The number of nitrogens with zero attached hydrogens (tertiary/aromatic N) is 4. The maximum Gasteiger partial charge on any atom is 0.224 e. The molecule has 1 aliphatic rings. The average molecular weight is 467 g/mol. The lowest BCUT2D eigenvalue weighted by atomic mass is 9.85. The van der Waals surface area contributed by atoms with E-state index in [0.29, 0.717) is 17.0 Å². The van der Waals surface area contributed by atoms with Crippen molar-refractivity contribution in [2.45, 2.75) is 37.7 Å². The highest BCUT2D eigenvalue weighted by Gasteiger charge is 2.25.